The molecule has 1 saturated carbocycles. The largest absolute Gasteiger partial charge is 0.495 e. The first kappa shape index (κ1) is 23.8. The third-order valence-electron chi connectivity index (χ3n) is 6.67. The Hall–Kier alpha value is -3.56. The van der Waals surface area contributed by atoms with Crippen molar-refractivity contribution >= 4 is 56.4 Å². The number of anilines is 5. The molecule has 0 atom stereocenters. The van der Waals surface area contributed by atoms with Crippen LogP contribution in [0.2, 0.25) is 5.02 Å². The molecule has 10 heteroatoms. The van der Waals surface area contributed by atoms with Crippen LogP contribution in [0.15, 0.2) is 65.4 Å². The molecule has 0 amide bonds. The highest BCUT2D eigenvalue weighted by molar-refractivity contribution is 9.10. The lowest BCUT2D eigenvalue weighted by Gasteiger charge is -2.15. The molecule has 0 saturated heterocycles. The van der Waals surface area contributed by atoms with Gasteiger partial charge in [0.25, 0.3) is 0 Å². The number of pyridine rings is 1. The fourth-order valence-corrected chi connectivity index (χ4v) is 5.02. The highest BCUT2D eigenvalue weighted by Gasteiger charge is 2.49. The van der Waals surface area contributed by atoms with E-state index in [4.69, 9.17) is 21.1 Å². The van der Waals surface area contributed by atoms with Gasteiger partial charge in [-0.1, -0.05) is 17.7 Å². The van der Waals surface area contributed by atoms with Gasteiger partial charge in [-0.3, -0.25) is 4.98 Å². The van der Waals surface area contributed by atoms with Gasteiger partial charge in [0.15, 0.2) is 0 Å². The highest BCUT2D eigenvalue weighted by Crippen LogP contribution is 2.56. The average Bonchev–Trinajstić information content (AvgIpc) is 3.62. The van der Waals surface area contributed by atoms with Gasteiger partial charge < -0.3 is 25.4 Å². The van der Waals surface area contributed by atoms with Crippen molar-refractivity contribution in [3.8, 4) is 11.5 Å². The third-order valence-corrected chi connectivity index (χ3v) is 7.54. The van der Waals surface area contributed by atoms with E-state index in [0.717, 1.165) is 35.1 Å². The molecule has 6 rings (SSSR count). The fourth-order valence-electron chi connectivity index (χ4n) is 4.49. The standard InChI is InChI=1S/C27H24BrClN6O2/c1-36-24-11-18-21(32-15-27(18)7-8-27)12-22(24)34-26-31-13-19(28)25(35-26)33-16-5-6-23(20(29)10-16)37-14-17-4-2-3-9-30-17/h2-6,9-13,32H,7-8,14-15H2,1H3,(H2,31,33,34,35). The lowest BCUT2D eigenvalue weighted by atomic mass is 9.98. The number of methoxy groups -OCH3 is 1. The molecule has 1 aliphatic heterocycles. The van der Waals surface area contributed by atoms with Gasteiger partial charge in [-0.25, -0.2) is 4.98 Å². The van der Waals surface area contributed by atoms with Gasteiger partial charge in [0.05, 0.1) is 28.0 Å². The average molecular weight is 580 g/mol. The van der Waals surface area contributed by atoms with Crippen molar-refractivity contribution in [3.63, 3.8) is 0 Å². The summed E-state index contributed by atoms with van der Waals surface area (Å²) in [6.07, 6.45) is 5.86. The molecule has 0 unspecified atom stereocenters. The zero-order chi connectivity index (χ0) is 25.4. The second kappa shape index (κ2) is 9.72. The highest BCUT2D eigenvalue weighted by atomic mass is 79.9. The zero-order valence-electron chi connectivity index (χ0n) is 20.0. The summed E-state index contributed by atoms with van der Waals surface area (Å²) >= 11 is 10.0. The van der Waals surface area contributed by atoms with Crippen molar-refractivity contribution in [2.45, 2.75) is 24.9 Å². The summed E-state index contributed by atoms with van der Waals surface area (Å²) in [4.78, 5) is 13.4. The second-order valence-corrected chi connectivity index (χ2v) is 10.4. The Balaban J connectivity index is 1.18. The van der Waals surface area contributed by atoms with Crippen LogP contribution in [-0.4, -0.2) is 28.6 Å². The maximum atomic E-state index is 6.48. The Morgan fingerprint density at radius 1 is 1.08 bits per heavy atom. The predicted molar refractivity (Wildman–Crippen MR) is 149 cm³/mol. The van der Waals surface area contributed by atoms with Crippen molar-refractivity contribution in [1.82, 2.24) is 15.0 Å². The SMILES string of the molecule is COc1cc2c(cc1Nc1ncc(Br)c(Nc3ccc(OCc4ccccn4)c(Cl)c3)n1)NCC21CC1. The summed E-state index contributed by atoms with van der Waals surface area (Å²) < 4.78 is 12.2. The molecule has 1 aliphatic carbocycles. The number of ether oxygens (including phenoxy) is 2. The van der Waals surface area contributed by atoms with Crippen LogP contribution < -0.4 is 25.4 Å². The lowest BCUT2D eigenvalue weighted by molar-refractivity contribution is 0.301. The third kappa shape index (κ3) is 4.89. The number of hydrogen-bond donors (Lipinski definition) is 3. The molecule has 1 spiro atoms. The lowest BCUT2D eigenvalue weighted by Crippen LogP contribution is -2.08. The second-order valence-electron chi connectivity index (χ2n) is 9.13. The molecular formula is C27H24BrClN6O2. The zero-order valence-corrected chi connectivity index (χ0v) is 22.4. The van der Waals surface area contributed by atoms with Crippen LogP contribution in [0.3, 0.4) is 0 Å². The molecule has 2 aliphatic rings. The molecule has 37 heavy (non-hydrogen) atoms. The number of rotatable bonds is 8. The van der Waals surface area contributed by atoms with Gasteiger partial charge in [0.1, 0.15) is 23.9 Å². The molecule has 0 radical (unpaired) electrons. The molecular weight excluding hydrogens is 556 g/mol. The smallest absolute Gasteiger partial charge is 0.229 e. The number of nitrogens with zero attached hydrogens (tertiary/aromatic N) is 3. The Morgan fingerprint density at radius 2 is 1.97 bits per heavy atom. The van der Waals surface area contributed by atoms with Crippen molar-refractivity contribution < 1.29 is 9.47 Å². The first-order valence-corrected chi connectivity index (χ1v) is 13.1. The fraction of sp³-hybridized carbons (Fsp3) is 0.222. The Labute approximate surface area is 227 Å². The summed E-state index contributed by atoms with van der Waals surface area (Å²) in [5.41, 5.74) is 5.14. The van der Waals surface area contributed by atoms with Gasteiger partial charge in [-0.15, -0.1) is 0 Å². The summed E-state index contributed by atoms with van der Waals surface area (Å²) in [7, 11) is 1.68. The van der Waals surface area contributed by atoms with E-state index < -0.39 is 0 Å². The van der Waals surface area contributed by atoms with Crippen molar-refractivity contribution in [2.75, 3.05) is 29.6 Å². The number of aromatic nitrogens is 3. The van der Waals surface area contributed by atoms with Crippen LogP contribution in [0.5, 0.6) is 11.5 Å². The van der Waals surface area contributed by atoms with Crippen LogP contribution in [0.25, 0.3) is 0 Å². The Kier molecular flexibility index (Phi) is 6.26. The van der Waals surface area contributed by atoms with Crippen molar-refractivity contribution in [3.05, 3.63) is 81.7 Å². The maximum absolute atomic E-state index is 6.48. The molecule has 0 bridgehead atoms. The Morgan fingerprint density at radius 3 is 2.73 bits per heavy atom. The quantitative estimate of drug-likeness (QED) is 0.209. The van der Waals surface area contributed by atoms with E-state index in [0.29, 0.717) is 33.6 Å². The first-order valence-electron chi connectivity index (χ1n) is 11.9. The van der Waals surface area contributed by atoms with Gasteiger partial charge in [-0.05, 0) is 76.8 Å². The topological polar surface area (TPSA) is 93.2 Å². The summed E-state index contributed by atoms with van der Waals surface area (Å²) in [6.45, 7) is 1.32. The van der Waals surface area contributed by atoms with Gasteiger partial charge in [-0.2, -0.15) is 4.98 Å². The molecule has 4 aromatic rings. The molecule has 3 heterocycles. The van der Waals surface area contributed by atoms with E-state index in [2.05, 4.69) is 59.0 Å². The Bertz CT molecular complexity index is 1470. The molecule has 8 nitrogen and oxygen atoms in total. The van der Waals surface area contributed by atoms with E-state index in [1.54, 1.807) is 25.6 Å². The number of benzene rings is 2. The maximum Gasteiger partial charge on any atom is 0.229 e. The van der Waals surface area contributed by atoms with Gasteiger partial charge in [0.2, 0.25) is 5.95 Å². The monoisotopic (exact) mass is 578 g/mol. The molecule has 1 fully saturated rings. The molecule has 2 aromatic carbocycles. The van der Waals surface area contributed by atoms with Crippen LogP contribution >= 0.6 is 27.5 Å². The minimum absolute atomic E-state index is 0.284. The number of nitrogens with one attached hydrogen (secondary N) is 3. The first-order chi connectivity index (χ1) is 18.0. The van der Waals surface area contributed by atoms with Gasteiger partial charge in [0, 0.05) is 35.7 Å². The number of halogens is 2. The van der Waals surface area contributed by atoms with E-state index in [9.17, 15) is 0 Å². The summed E-state index contributed by atoms with van der Waals surface area (Å²) in [6, 6.07) is 15.4. The van der Waals surface area contributed by atoms with Crippen LogP contribution in [0.4, 0.5) is 28.8 Å². The van der Waals surface area contributed by atoms with E-state index in [1.165, 1.54) is 18.4 Å². The minimum Gasteiger partial charge on any atom is -0.495 e. The van der Waals surface area contributed by atoms with Crippen molar-refractivity contribution in [2.24, 2.45) is 0 Å². The predicted octanol–water partition coefficient (Wildman–Crippen LogP) is 6.82. The normalized spacial score (nSPS) is 14.6. The molecule has 3 N–H and O–H groups in total. The molecule has 188 valence electrons. The van der Waals surface area contributed by atoms with Crippen molar-refractivity contribution in [1.29, 1.82) is 0 Å². The van der Waals surface area contributed by atoms with E-state index >= 15 is 0 Å². The van der Waals surface area contributed by atoms with Gasteiger partial charge >= 0.3 is 0 Å². The molecule has 2 aromatic heterocycles. The summed E-state index contributed by atoms with van der Waals surface area (Å²) in [5, 5.41) is 10.6. The summed E-state index contributed by atoms with van der Waals surface area (Å²) in [5.74, 6) is 2.37. The number of hydrogen-bond acceptors (Lipinski definition) is 8. The van der Waals surface area contributed by atoms with E-state index in [-0.39, 0.29) is 5.41 Å². The van der Waals surface area contributed by atoms with Crippen LogP contribution in [0, 0.1) is 0 Å². The van der Waals surface area contributed by atoms with Crippen LogP contribution in [0.1, 0.15) is 24.1 Å². The minimum atomic E-state index is 0.284. The van der Waals surface area contributed by atoms with E-state index in [1.807, 2.05) is 30.3 Å². The van der Waals surface area contributed by atoms with Crippen LogP contribution in [-0.2, 0) is 12.0 Å². The number of fused-ring (bicyclic) bond motifs is 2.